The summed E-state index contributed by atoms with van der Waals surface area (Å²) in [4.78, 5) is 12.0. The Bertz CT molecular complexity index is 426. The number of nitrogens with one attached hydrogen (secondary N) is 2. The quantitative estimate of drug-likeness (QED) is 0.843. The van der Waals surface area contributed by atoms with Gasteiger partial charge in [0.15, 0.2) is 0 Å². The smallest absolute Gasteiger partial charge is 0.251 e. The minimum absolute atomic E-state index is 0.180. The molecule has 4 heteroatoms. The lowest BCUT2D eigenvalue weighted by Crippen LogP contribution is -2.35. The van der Waals surface area contributed by atoms with Crippen LogP contribution in [-0.2, 0) is 0 Å². The van der Waals surface area contributed by atoms with E-state index in [0.717, 1.165) is 32.4 Å². The van der Waals surface area contributed by atoms with E-state index in [1.807, 2.05) is 0 Å². The van der Waals surface area contributed by atoms with E-state index in [0.29, 0.717) is 11.1 Å². The fraction of sp³-hybridized carbons (Fsp3) is 0.500. The topological polar surface area (TPSA) is 41.1 Å². The molecule has 0 aliphatic carbocycles. The van der Waals surface area contributed by atoms with Crippen LogP contribution in [0.2, 0.25) is 0 Å². The number of aryl methyl sites for hydroxylation is 1. The van der Waals surface area contributed by atoms with Gasteiger partial charge in [0.05, 0.1) is 0 Å². The Labute approximate surface area is 107 Å². The summed E-state index contributed by atoms with van der Waals surface area (Å²) < 4.78 is 13.4. The first kappa shape index (κ1) is 13.0. The molecule has 2 rings (SSSR count). The molecule has 1 fully saturated rings. The van der Waals surface area contributed by atoms with Gasteiger partial charge in [-0.25, -0.2) is 4.39 Å². The zero-order valence-electron chi connectivity index (χ0n) is 10.6. The molecule has 0 bridgehead atoms. The maximum absolute atomic E-state index is 13.4. The van der Waals surface area contributed by atoms with E-state index in [4.69, 9.17) is 0 Å². The third kappa shape index (κ3) is 3.29. The number of halogens is 1. The Balaban J connectivity index is 1.99. The van der Waals surface area contributed by atoms with Gasteiger partial charge >= 0.3 is 0 Å². The molecule has 1 saturated heterocycles. The normalized spacial score (nSPS) is 20.2. The standard InChI is InChI=1S/C14H19FN2O/c1-10-4-5-11(9-13(10)15)14(18)17-12-3-2-7-16-8-6-12/h4-5,9,12,16H,2-3,6-8H2,1H3,(H,17,18). The number of carbonyl (C=O) groups is 1. The molecule has 1 aliphatic heterocycles. The van der Waals surface area contributed by atoms with E-state index in [2.05, 4.69) is 10.6 Å². The summed E-state index contributed by atoms with van der Waals surface area (Å²) in [6.45, 7) is 3.62. The monoisotopic (exact) mass is 250 g/mol. The van der Waals surface area contributed by atoms with Gasteiger partial charge in [-0.15, -0.1) is 0 Å². The Morgan fingerprint density at radius 3 is 3.00 bits per heavy atom. The second-order valence-corrected chi connectivity index (χ2v) is 4.82. The van der Waals surface area contributed by atoms with Crippen molar-refractivity contribution in [1.29, 1.82) is 0 Å². The van der Waals surface area contributed by atoms with Gasteiger partial charge in [-0.1, -0.05) is 6.07 Å². The fourth-order valence-electron chi connectivity index (χ4n) is 2.17. The van der Waals surface area contributed by atoms with Crippen molar-refractivity contribution in [2.45, 2.75) is 32.2 Å². The molecular weight excluding hydrogens is 231 g/mol. The van der Waals surface area contributed by atoms with Gasteiger partial charge in [0.2, 0.25) is 0 Å². The zero-order valence-corrected chi connectivity index (χ0v) is 10.6. The number of amides is 1. The molecular formula is C14H19FN2O. The van der Waals surface area contributed by atoms with Gasteiger partial charge in [-0.05, 0) is 57.0 Å². The maximum atomic E-state index is 13.4. The lowest BCUT2D eigenvalue weighted by molar-refractivity contribution is 0.0933. The van der Waals surface area contributed by atoms with Crippen molar-refractivity contribution in [3.05, 3.63) is 35.1 Å². The summed E-state index contributed by atoms with van der Waals surface area (Å²) in [5.74, 6) is -0.508. The van der Waals surface area contributed by atoms with E-state index in [-0.39, 0.29) is 17.8 Å². The molecule has 1 atom stereocenters. The first-order chi connectivity index (χ1) is 8.66. The zero-order chi connectivity index (χ0) is 13.0. The van der Waals surface area contributed by atoms with Crippen LogP contribution in [0.25, 0.3) is 0 Å². The molecule has 1 aromatic rings. The summed E-state index contributed by atoms with van der Waals surface area (Å²) >= 11 is 0. The third-order valence-corrected chi connectivity index (χ3v) is 3.34. The Morgan fingerprint density at radius 2 is 2.22 bits per heavy atom. The molecule has 2 N–H and O–H groups in total. The minimum atomic E-state index is -0.329. The van der Waals surface area contributed by atoms with E-state index < -0.39 is 0 Å². The van der Waals surface area contributed by atoms with Gasteiger partial charge in [0, 0.05) is 11.6 Å². The second-order valence-electron chi connectivity index (χ2n) is 4.82. The van der Waals surface area contributed by atoms with Crippen LogP contribution in [-0.4, -0.2) is 25.0 Å². The highest BCUT2D eigenvalue weighted by atomic mass is 19.1. The molecule has 1 unspecified atom stereocenters. The molecule has 98 valence electrons. The molecule has 1 heterocycles. The summed E-state index contributed by atoms with van der Waals surface area (Å²) in [6.07, 6.45) is 2.97. The number of carbonyl (C=O) groups excluding carboxylic acids is 1. The number of hydrogen-bond donors (Lipinski definition) is 2. The van der Waals surface area contributed by atoms with Crippen LogP contribution in [0.1, 0.15) is 35.2 Å². The first-order valence-electron chi connectivity index (χ1n) is 6.44. The summed E-state index contributed by atoms with van der Waals surface area (Å²) in [6, 6.07) is 4.80. The lowest BCUT2D eigenvalue weighted by atomic mass is 10.1. The van der Waals surface area contributed by atoms with E-state index in [1.54, 1.807) is 19.1 Å². The van der Waals surface area contributed by atoms with Crippen LogP contribution in [0.4, 0.5) is 4.39 Å². The van der Waals surface area contributed by atoms with Gasteiger partial charge in [0.1, 0.15) is 5.82 Å². The Morgan fingerprint density at radius 1 is 1.39 bits per heavy atom. The maximum Gasteiger partial charge on any atom is 0.251 e. The highest BCUT2D eigenvalue weighted by Gasteiger charge is 2.16. The predicted octanol–water partition coefficient (Wildman–Crippen LogP) is 2.01. The third-order valence-electron chi connectivity index (χ3n) is 3.34. The van der Waals surface area contributed by atoms with Crippen molar-refractivity contribution in [3.63, 3.8) is 0 Å². The molecule has 3 nitrogen and oxygen atoms in total. The van der Waals surface area contributed by atoms with Gasteiger partial charge in [-0.2, -0.15) is 0 Å². The van der Waals surface area contributed by atoms with E-state index in [1.165, 1.54) is 6.07 Å². The van der Waals surface area contributed by atoms with Crippen LogP contribution in [0.15, 0.2) is 18.2 Å². The molecule has 1 amide bonds. The summed E-state index contributed by atoms with van der Waals surface area (Å²) in [5, 5.41) is 6.27. The molecule has 1 aromatic carbocycles. The highest BCUT2D eigenvalue weighted by Crippen LogP contribution is 2.11. The second kappa shape index (κ2) is 5.96. The van der Waals surface area contributed by atoms with Crippen LogP contribution in [0.3, 0.4) is 0 Å². The summed E-state index contributed by atoms with van der Waals surface area (Å²) in [5.41, 5.74) is 0.959. The highest BCUT2D eigenvalue weighted by molar-refractivity contribution is 5.94. The van der Waals surface area contributed by atoms with E-state index >= 15 is 0 Å². The molecule has 0 spiro atoms. The van der Waals surface area contributed by atoms with Crippen molar-refractivity contribution >= 4 is 5.91 Å². The molecule has 18 heavy (non-hydrogen) atoms. The largest absolute Gasteiger partial charge is 0.349 e. The van der Waals surface area contributed by atoms with Gasteiger partial charge < -0.3 is 10.6 Å². The van der Waals surface area contributed by atoms with Crippen molar-refractivity contribution < 1.29 is 9.18 Å². The predicted molar refractivity (Wildman–Crippen MR) is 69.1 cm³/mol. The minimum Gasteiger partial charge on any atom is -0.349 e. The van der Waals surface area contributed by atoms with Crippen molar-refractivity contribution in [2.75, 3.05) is 13.1 Å². The van der Waals surface area contributed by atoms with Crippen molar-refractivity contribution in [2.24, 2.45) is 0 Å². The molecule has 0 aromatic heterocycles. The van der Waals surface area contributed by atoms with Crippen LogP contribution >= 0.6 is 0 Å². The number of benzene rings is 1. The average Bonchev–Trinajstić information content (AvgIpc) is 2.61. The first-order valence-corrected chi connectivity index (χ1v) is 6.44. The van der Waals surface area contributed by atoms with Gasteiger partial charge in [-0.3, -0.25) is 4.79 Å². The Hall–Kier alpha value is -1.42. The number of hydrogen-bond acceptors (Lipinski definition) is 2. The molecule has 0 radical (unpaired) electrons. The Kier molecular flexibility index (Phi) is 4.31. The van der Waals surface area contributed by atoms with Crippen LogP contribution < -0.4 is 10.6 Å². The number of rotatable bonds is 2. The molecule has 0 saturated carbocycles. The van der Waals surface area contributed by atoms with Crippen molar-refractivity contribution in [1.82, 2.24) is 10.6 Å². The lowest BCUT2D eigenvalue weighted by Gasteiger charge is -2.16. The van der Waals surface area contributed by atoms with Crippen LogP contribution in [0.5, 0.6) is 0 Å². The fourth-order valence-corrected chi connectivity index (χ4v) is 2.17. The van der Waals surface area contributed by atoms with Gasteiger partial charge in [0.25, 0.3) is 5.91 Å². The van der Waals surface area contributed by atoms with Crippen LogP contribution in [0, 0.1) is 12.7 Å². The average molecular weight is 250 g/mol. The SMILES string of the molecule is Cc1ccc(C(=O)NC2CCCNCC2)cc1F. The van der Waals surface area contributed by atoms with E-state index in [9.17, 15) is 9.18 Å². The summed E-state index contributed by atoms with van der Waals surface area (Å²) in [7, 11) is 0. The molecule has 1 aliphatic rings. The van der Waals surface area contributed by atoms with Crippen molar-refractivity contribution in [3.8, 4) is 0 Å².